The van der Waals surface area contributed by atoms with Gasteiger partial charge in [-0.1, -0.05) is 176 Å². The fourth-order valence-electron chi connectivity index (χ4n) is 10.2. The quantitative estimate of drug-likeness (QED) is 0.127. The molecule has 0 heterocycles. The molecule has 2 aliphatic carbocycles. The smallest absolute Gasteiger partial charge is 0.0622 e. The molecule has 1 spiro atoms. The Balaban J connectivity index is 1.27. The van der Waals surface area contributed by atoms with Gasteiger partial charge in [-0.05, 0) is 128 Å². The van der Waals surface area contributed by atoms with Gasteiger partial charge in [0.1, 0.15) is 0 Å². The van der Waals surface area contributed by atoms with E-state index in [-0.39, 0.29) is 0 Å². The lowest BCUT2D eigenvalue weighted by Crippen LogP contribution is -2.26. The summed E-state index contributed by atoms with van der Waals surface area (Å²) in [5.74, 6) is 0. The average Bonchev–Trinajstić information content (AvgIpc) is 3.71. The van der Waals surface area contributed by atoms with Crippen molar-refractivity contribution in [2.45, 2.75) is 5.41 Å². The molecule has 0 amide bonds. The summed E-state index contributed by atoms with van der Waals surface area (Å²) < 4.78 is 0. The molecule has 0 fully saturated rings. The summed E-state index contributed by atoms with van der Waals surface area (Å²) in [6.45, 7) is 0. The molecule has 0 saturated heterocycles. The Morgan fingerprint density at radius 3 is 1.58 bits per heavy atom. The molecule has 0 unspecified atom stereocenters. The van der Waals surface area contributed by atoms with Gasteiger partial charge in [0.2, 0.25) is 0 Å². The molecule has 244 valence electrons. The van der Waals surface area contributed by atoms with Gasteiger partial charge in [0.25, 0.3) is 0 Å². The summed E-state index contributed by atoms with van der Waals surface area (Å²) in [5, 5.41) is 10.2. The number of hydrogen-bond acceptors (Lipinski definition) is 0. The first kappa shape index (κ1) is 28.9. The molecule has 12 rings (SSSR count). The lowest BCUT2D eigenvalue weighted by Gasteiger charge is -2.32. The van der Waals surface area contributed by atoms with Crippen LogP contribution >= 0.6 is 0 Å². The molecule has 53 heavy (non-hydrogen) atoms. The third-order valence-corrected chi connectivity index (χ3v) is 12.2. The van der Waals surface area contributed by atoms with Gasteiger partial charge in [0.15, 0.2) is 0 Å². The largest absolute Gasteiger partial charge is 0.0731 e. The van der Waals surface area contributed by atoms with Gasteiger partial charge in [-0.15, -0.1) is 0 Å². The summed E-state index contributed by atoms with van der Waals surface area (Å²) in [6.07, 6.45) is 0. The van der Waals surface area contributed by atoms with Crippen LogP contribution in [0.2, 0.25) is 0 Å². The predicted octanol–water partition coefficient (Wildman–Crippen LogP) is 14.0. The molecule has 0 N–H and O–H groups in total. The van der Waals surface area contributed by atoms with Crippen molar-refractivity contribution in [2.24, 2.45) is 0 Å². The van der Waals surface area contributed by atoms with Crippen LogP contribution < -0.4 is 0 Å². The van der Waals surface area contributed by atoms with Crippen LogP contribution in [0.3, 0.4) is 0 Å². The number of fused-ring (bicyclic) bond motifs is 16. The van der Waals surface area contributed by atoms with Crippen LogP contribution in [0.5, 0.6) is 0 Å². The Kier molecular flexibility index (Phi) is 5.80. The molecule has 2 aliphatic rings. The van der Waals surface area contributed by atoms with E-state index in [1.54, 1.807) is 0 Å². The lowest BCUT2D eigenvalue weighted by molar-refractivity contribution is 0.801. The van der Waals surface area contributed by atoms with Crippen molar-refractivity contribution in [1.82, 2.24) is 0 Å². The van der Waals surface area contributed by atoms with Crippen LogP contribution in [0, 0.1) is 0 Å². The molecular formula is C53H32. The number of rotatable bonds is 2. The molecule has 0 bridgehead atoms. The Hall–Kier alpha value is -6.76. The minimum absolute atomic E-state index is 0.461. The summed E-state index contributed by atoms with van der Waals surface area (Å²) in [6, 6.07) is 72.9. The van der Waals surface area contributed by atoms with E-state index >= 15 is 0 Å². The van der Waals surface area contributed by atoms with Crippen molar-refractivity contribution in [3.63, 3.8) is 0 Å². The van der Waals surface area contributed by atoms with E-state index in [4.69, 9.17) is 0 Å². The first-order valence-electron chi connectivity index (χ1n) is 18.6. The highest BCUT2D eigenvalue weighted by atomic mass is 14.5. The molecule has 0 atom stereocenters. The minimum Gasteiger partial charge on any atom is -0.0622 e. The van der Waals surface area contributed by atoms with Crippen LogP contribution in [0.15, 0.2) is 194 Å². The van der Waals surface area contributed by atoms with Crippen LogP contribution in [0.4, 0.5) is 0 Å². The van der Waals surface area contributed by atoms with Crippen LogP contribution in [0.25, 0.3) is 87.6 Å². The molecule has 0 nitrogen and oxygen atoms in total. The van der Waals surface area contributed by atoms with E-state index in [1.165, 1.54) is 110 Å². The second-order valence-corrected chi connectivity index (χ2v) is 14.7. The molecule has 10 aromatic rings. The van der Waals surface area contributed by atoms with Gasteiger partial charge in [0.05, 0.1) is 5.41 Å². The molecule has 10 aromatic carbocycles. The summed E-state index contributed by atoms with van der Waals surface area (Å²) >= 11 is 0. The fourth-order valence-corrected chi connectivity index (χ4v) is 10.2. The number of hydrogen-bond donors (Lipinski definition) is 0. The third-order valence-electron chi connectivity index (χ3n) is 12.2. The van der Waals surface area contributed by atoms with Gasteiger partial charge in [0, 0.05) is 0 Å². The molecule has 0 heteroatoms. The second kappa shape index (κ2) is 10.6. The maximum atomic E-state index is 2.52. The third kappa shape index (κ3) is 3.75. The van der Waals surface area contributed by atoms with Crippen molar-refractivity contribution in [3.8, 4) is 44.5 Å². The van der Waals surface area contributed by atoms with Gasteiger partial charge in [-0.25, -0.2) is 0 Å². The summed E-state index contributed by atoms with van der Waals surface area (Å²) in [5.41, 5.74) is 15.4. The number of benzene rings is 10. The van der Waals surface area contributed by atoms with E-state index in [0.717, 1.165) is 0 Å². The lowest BCUT2D eigenvalue weighted by atomic mass is 9.69. The van der Waals surface area contributed by atoms with E-state index in [9.17, 15) is 0 Å². The van der Waals surface area contributed by atoms with Crippen molar-refractivity contribution in [1.29, 1.82) is 0 Å². The Morgan fingerprint density at radius 2 is 0.830 bits per heavy atom. The van der Waals surface area contributed by atoms with Crippen molar-refractivity contribution >= 4 is 43.1 Å². The van der Waals surface area contributed by atoms with E-state index in [1.807, 2.05) is 0 Å². The highest BCUT2D eigenvalue weighted by Crippen LogP contribution is 2.65. The van der Waals surface area contributed by atoms with Gasteiger partial charge < -0.3 is 0 Å². The second-order valence-electron chi connectivity index (χ2n) is 14.7. The Morgan fingerprint density at radius 1 is 0.264 bits per heavy atom. The first-order chi connectivity index (χ1) is 26.3. The molecule has 0 aliphatic heterocycles. The van der Waals surface area contributed by atoms with E-state index in [0.29, 0.717) is 0 Å². The fraction of sp³-hybridized carbons (Fsp3) is 0.0189. The molecule has 0 radical (unpaired) electrons. The molecular weight excluding hydrogens is 637 g/mol. The predicted molar refractivity (Wildman–Crippen MR) is 224 cm³/mol. The highest BCUT2D eigenvalue weighted by Gasteiger charge is 2.53. The average molecular weight is 669 g/mol. The highest BCUT2D eigenvalue weighted by molar-refractivity contribution is 6.21. The van der Waals surface area contributed by atoms with Gasteiger partial charge >= 0.3 is 0 Å². The van der Waals surface area contributed by atoms with E-state index in [2.05, 4.69) is 194 Å². The first-order valence-corrected chi connectivity index (χ1v) is 18.6. The van der Waals surface area contributed by atoms with Gasteiger partial charge in [-0.2, -0.15) is 0 Å². The molecule has 0 aromatic heterocycles. The van der Waals surface area contributed by atoms with E-state index < -0.39 is 5.41 Å². The van der Waals surface area contributed by atoms with Crippen LogP contribution in [0.1, 0.15) is 22.3 Å². The van der Waals surface area contributed by atoms with Crippen molar-refractivity contribution < 1.29 is 0 Å². The van der Waals surface area contributed by atoms with Crippen LogP contribution in [-0.4, -0.2) is 0 Å². The normalized spacial score (nSPS) is 13.4. The standard InChI is InChI=1S/C53H32/c1-2-14-33(15-3-1)44-30-36-26-27-37(50-39-19-7-5-17-35(39)31-46-38-18-6-4-16-34(38)28-29-42(46)50)32-45(36)52-51(44)43-22-10-13-25-49(43)53(52)47-23-11-8-20-40(47)41-21-9-12-24-48(41)53/h1-32H. The van der Waals surface area contributed by atoms with Crippen molar-refractivity contribution in [3.05, 3.63) is 216 Å². The Bertz CT molecular complexity index is 3120. The zero-order valence-electron chi connectivity index (χ0n) is 29.0. The summed E-state index contributed by atoms with van der Waals surface area (Å²) in [4.78, 5) is 0. The zero-order chi connectivity index (χ0) is 34.7. The molecule has 0 saturated carbocycles. The van der Waals surface area contributed by atoms with Gasteiger partial charge in [-0.3, -0.25) is 0 Å². The topological polar surface area (TPSA) is 0 Å². The minimum atomic E-state index is -0.461. The SMILES string of the molecule is c1ccc(-c2cc3ccc(-c4c5ccccc5cc5c4ccc4ccccc45)cc3c3c2-c2ccccc2C32c3ccccc3-c3ccccc32)cc1. The Labute approximate surface area is 308 Å². The van der Waals surface area contributed by atoms with Crippen molar-refractivity contribution in [2.75, 3.05) is 0 Å². The maximum Gasteiger partial charge on any atom is 0.0731 e. The van der Waals surface area contributed by atoms with Crippen LogP contribution in [-0.2, 0) is 5.41 Å². The summed E-state index contributed by atoms with van der Waals surface area (Å²) in [7, 11) is 0. The zero-order valence-corrected chi connectivity index (χ0v) is 29.0. The monoisotopic (exact) mass is 668 g/mol. The maximum absolute atomic E-state index is 2.52.